The lowest BCUT2D eigenvalue weighted by Crippen LogP contribution is -1.87. The molecule has 0 aliphatic carbocycles. The van der Waals surface area contributed by atoms with Crippen LogP contribution in [0.2, 0.25) is 0 Å². The lowest BCUT2D eigenvalue weighted by atomic mass is 10.1. The molecule has 0 saturated carbocycles. The van der Waals surface area contributed by atoms with Gasteiger partial charge in [0, 0.05) is 11.8 Å². The van der Waals surface area contributed by atoms with Crippen molar-refractivity contribution < 1.29 is 0 Å². The zero-order valence-electron chi connectivity index (χ0n) is 11.8. The monoisotopic (exact) mass is 303 g/mol. The number of aromatic nitrogens is 3. The van der Waals surface area contributed by atoms with Gasteiger partial charge in [-0.2, -0.15) is 0 Å². The van der Waals surface area contributed by atoms with Gasteiger partial charge in [0.05, 0.1) is 11.0 Å². The van der Waals surface area contributed by atoms with Crippen LogP contribution in [0.1, 0.15) is 0 Å². The first-order valence-corrected chi connectivity index (χ1v) is 7.64. The lowest BCUT2D eigenvalue weighted by molar-refractivity contribution is 1.24. The summed E-state index contributed by atoms with van der Waals surface area (Å²) in [5, 5.41) is 1.13. The van der Waals surface area contributed by atoms with Gasteiger partial charge in [-0.25, -0.2) is 4.98 Å². The number of hydrogen-bond acceptors (Lipinski definition) is 2. The van der Waals surface area contributed by atoms with Crippen LogP contribution in [-0.4, -0.2) is 15.0 Å². The normalized spacial score (nSPS) is 11.0. The molecule has 0 amide bonds. The third-order valence-electron chi connectivity index (χ3n) is 3.62. The third kappa shape index (κ3) is 2.40. The number of nitrogens with one attached hydrogen (secondary N) is 1. The molecule has 106 valence electrons. The summed E-state index contributed by atoms with van der Waals surface area (Å²) < 4.78 is 0. The topological polar surface area (TPSA) is 41.6 Å². The Morgan fingerprint density at radius 1 is 0.864 bits per heavy atom. The Hall–Kier alpha value is -2.51. The molecule has 0 aliphatic rings. The fourth-order valence-electron chi connectivity index (χ4n) is 2.48. The van der Waals surface area contributed by atoms with Crippen molar-refractivity contribution in [2.24, 2.45) is 0 Å². The number of rotatable bonds is 2. The van der Waals surface area contributed by atoms with E-state index < -0.39 is 0 Å². The third-order valence-corrected chi connectivity index (χ3v) is 3.98. The zero-order chi connectivity index (χ0) is 14.9. The van der Waals surface area contributed by atoms with E-state index in [1.807, 2.05) is 42.6 Å². The van der Waals surface area contributed by atoms with Crippen LogP contribution in [0, 0.1) is 0 Å². The highest BCUT2D eigenvalue weighted by Crippen LogP contribution is 2.22. The Morgan fingerprint density at radius 3 is 2.50 bits per heavy atom. The van der Waals surface area contributed by atoms with Crippen molar-refractivity contribution in [3.05, 3.63) is 66.9 Å². The summed E-state index contributed by atoms with van der Waals surface area (Å²) in [7, 11) is 2.70. The van der Waals surface area contributed by atoms with Crippen molar-refractivity contribution in [3.8, 4) is 22.6 Å². The maximum atomic E-state index is 4.60. The van der Waals surface area contributed by atoms with Crippen molar-refractivity contribution >= 4 is 25.6 Å². The fourth-order valence-corrected chi connectivity index (χ4v) is 2.75. The van der Waals surface area contributed by atoms with Crippen molar-refractivity contribution in [1.82, 2.24) is 15.0 Å². The van der Waals surface area contributed by atoms with E-state index in [0.717, 1.165) is 33.4 Å². The predicted octanol–water partition coefficient (Wildman–Crippen LogP) is 3.79. The van der Waals surface area contributed by atoms with Gasteiger partial charge in [0.15, 0.2) is 5.82 Å². The Bertz CT molecular complexity index is 928. The van der Waals surface area contributed by atoms with E-state index in [9.17, 15) is 0 Å². The number of benzene rings is 2. The molecule has 4 rings (SSSR count). The van der Waals surface area contributed by atoms with E-state index in [0.29, 0.717) is 0 Å². The summed E-state index contributed by atoms with van der Waals surface area (Å²) in [6, 6.07) is 20.4. The molecule has 22 heavy (non-hydrogen) atoms. The van der Waals surface area contributed by atoms with E-state index in [1.54, 1.807) is 0 Å². The van der Waals surface area contributed by atoms with Gasteiger partial charge in [-0.3, -0.25) is 4.98 Å². The standard InChI is InChI=1S/C18H14N3P/c22-14-7-9-15-17(10-14)21-18(20-15)16-8-6-13(11-19-16)12-4-2-1-3-5-12/h1-11H,22H2,(H,20,21). The highest BCUT2D eigenvalue weighted by atomic mass is 31.0. The van der Waals surface area contributed by atoms with Crippen LogP contribution in [0.3, 0.4) is 0 Å². The van der Waals surface area contributed by atoms with Crippen molar-refractivity contribution in [3.63, 3.8) is 0 Å². The summed E-state index contributed by atoms with van der Waals surface area (Å²) in [6.07, 6.45) is 1.89. The summed E-state index contributed by atoms with van der Waals surface area (Å²) in [4.78, 5) is 12.5. The van der Waals surface area contributed by atoms with E-state index in [-0.39, 0.29) is 0 Å². The van der Waals surface area contributed by atoms with E-state index in [1.165, 1.54) is 5.56 Å². The molecule has 0 bridgehead atoms. The molecule has 0 radical (unpaired) electrons. The van der Waals surface area contributed by atoms with Crippen molar-refractivity contribution in [1.29, 1.82) is 0 Å². The van der Waals surface area contributed by atoms with Gasteiger partial charge in [-0.05, 0) is 29.1 Å². The molecule has 3 nitrogen and oxygen atoms in total. The van der Waals surface area contributed by atoms with Gasteiger partial charge < -0.3 is 4.98 Å². The van der Waals surface area contributed by atoms with Crippen LogP contribution < -0.4 is 5.30 Å². The summed E-state index contributed by atoms with van der Waals surface area (Å²) in [6.45, 7) is 0. The van der Waals surface area contributed by atoms with E-state index >= 15 is 0 Å². The quantitative estimate of drug-likeness (QED) is 0.572. The second-order valence-corrected chi connectivity index (χ2v) is 5.83. The molecule has 1 atom stereocenters. The Labute approximate surface area is 130 Å². The number of hydrogen-bond donors (Lipinski definition) is 1. The SMILES string of the molecule is Pc1ccc2nc(-c3ccc(-c4ccccc4)cn3)[nH]c2c1. The number of imidazole rings is 1. The zero-order valence-corrected chi connectivity index (χ0v) is 13.0. The van der Waals surface area contributed by atoms with Gasteiger partial charge in [0.2, 0.25) is 0 Å². The second kappa shape index (κ2) is 5.36. The number of H-pyrrole nitrogens is 1. The molecule has 2 aromatic carbocycles. The maximum Gasteiger partial charge on any atom is 0.157 e. The van der Waals surface area contributed by atoms with Crippen LogP contribution in [-0.2, 0) is 0 Å². The molecule has 1 N–H and O–H groups in total. The first kappa shape index (κ1) is 13.2. The second-order valence-electron chi connectivity index (χ2n) is 5.16. The average Bonchev–Trinajstić information content (AvgIpc) is 2.99. The number of nitrogens with zero attached hydrogens (tertiary/aromatic N) is 2. The smallest absolute Gasteiger partial charge is 0.157 e. The van der Waals surface area contributed by atoms with E-state index in [2.05, 4.69) is 48.5 Å². The molecule has 0 spiro atoms. The fraction of sp³-hybridized carbons (Fsp3) is 0. The van der Waals surface area contributed by atoms with Gasteiger partial charge >= 0.3 is 0 Å². The first-order valence-electron chi connectivity index (χ1n) is 7.07. The van der Waals surface area contributed by atoms with Gasteiger partial charge in [0.25, 0.3) is 0 Å². The molecule has 0 aliphatic heterocycles. The summed E-state index contributed by atoms with van der Waals surface area (Å²) in [5.74, 6) is 0.796. The largest absolute Gasteiger partial charge is 0.337 e. The number of pyridine rings is 1. The molecule has 1 unspecified atom stereocenters. The van der Waals surface area contributed by atoms with E-state index in [4.69, 9.17) is 0 Å². The van der Waals surface area contributed by atoms with Crippen LogP contribution in [0.15, 0.2) is 66.9 Å². The highest BCUT2D eigenvalue weighted by molar-refractivity contribution is 7.27. The Morgan fingerprint density at radius 2 is 1.73 bits per heavy atom. The molecule has 2 aromatic heterocycles. The highest BCUT2D eigenvalue weighted by Gasteiger charge is 2.07. The van der Waals surface area contributed by atoms with Gasteiger partial charge in [-0.15, -0.1) is 9.24 Å². The molecule has 4 heteroatoms. The molecule has 4 aromatic rings. The van der Waals surface area contributed by atoms with Crippen LogP contribution in [0.5, 0.6) is 0 Å². The Balaban J connectivity index is 1.73. The average molecular weight is 303 g/mol. The van der Waals surface area contributed by atoms with Crippen LogP contribution in [0.4, 0.5) is 0 Å². The molecule has 0 saturated heterocycles. The van der Waals surface area contributed by atoms with Crippen LogP contribution in [0.25, 0.3) is 33.7 Å². The maximum absolute atomic E-state index is 4.60. The van der Waals surface area contributed by atoms with Crippen molar-refractivity contribution in [2.45, 2.75) is 0 Å². The van der Waals surface area contributed by atoms with Crippen molar-refractivity contribution in [2.75, 3.05) is 0 Å². The van der Waals surface area contributed by atoms with Gasteiger partial charge in [-0.1, -0.05) is 42.5 Å². The van der Waals surface area contributed by atoms with Gasteiger partial charge in [0.1, 0.15) is 5.69 Å². The number of aromatic amines is 1. The molecule has 0 fully saturated rings. The molecular weight excluding hydrogens is 289 g/mol. The molecule has 2 heterocycles. The number of fused-ring (bicyclic) bond motifs is 1. The van der Waals surface area contributed by atoms with Crippen LogP contribution >= 0.6 is 9.24 Å². The molecular formula is C18H14N3P. The summed E-state index contributed by atoms with van der Waals surface area (Å²) in [5.41, 5.74) is 5.10. The predicted molar refractivity (Wildman–Crippen MR) is 94.1 cm³/mol. The summed E-state index contributed by atoms with van der Waals surface area (Å²) >= 11 is 0. The lowest BCUT2D eigenvalue weighted by Gasteiger charge is -2.01. The minimum Gasteiger partial charge on any atom is -0.337 e. The Kier molecular flexibility index (Phi) is 3.21. The first-order chi connectivity index (χ1) is 10.8. The minimum absolute atomic E-state index is 0.796. The minimum atomic E-state index is 0.796.